The number of benzene rings is 1. The third kappa shape index (κ3) is 4.05. The normalized spacial score (nSPS) is 15.6. The Balaban J connectivity index is 1.92. The lowest BCUT2D eigenvalue weighted by molar-refractivity contribution is -0.120. The van der Waals surface area contributed by atoms with Crippen molar-refractivity contribution in [1.82, 2.24) is 20.1 Å². The number of hydrogen-bond donors (Lipinski definition) is 1. The fourth-order valence-corrected chi connectivity index (χ4v) is 4.33. The first-order chi connectivity index (χ1) is 12.6. The van der Waals surface area contributed by atoms with E-state index in [0.717, 1.165) is 29.4 Å². The van der Waals surface area contributed by atoms with Crippen LogP contribution in [-0.4, -0.2) is 32.5 Å². The van der Waals surface area contributed by atoms with Crippen LogP contribution in [0.4, 0.5) is 0 Å². The Kier molecular flexibility index (Phi) is 6.23. The lowest BCUT2D eigenvalue weighted by Crippen LogP contribution is -2.31. The van der Waals surface area contributed by atoms with Gasteiger partial charge in [0.1, 0.15) is 0 Å². The van der Waals surface area contributed by atoms with E-state index in [-0.39, 0.29) is 17.7 Å². The van der Waals surface area contributed by atoms with Crippen LogP contribution in [0.15, 0.2) is 29.4 Å². The monoisotopic (exact) mass is 388 g/mol. The van der Waals surface area contributed by atoms with E-state index >= 15 is 0 Å². The Morgan fingerprint density at radius 1 is 1.42 bits per heavy atom. The summed E-state index contributed by atoms with van der Waals surface area (Å²) < 4.78 is 2.16. The predicted octanol–water partition coefficient (Wildman–Crippen LogP) is 3.94. The van der Waals surface area contributed by atoms with E-state index < -0.39 is 0 Å². The van der Waals surface area contributed by atoms with Crippen molar-refractivity contribution in [3.63, 3.8) is 0 Å². The van der Waals surface area contributed by atoms with Gasteiger partial charge >= 0.3 is 0 Å². The summed E-state index contributed by atoms with van der Waals surface area (Å²) in [6.45, 7) is 2.07. The van der Waals surface area contributed by atoms with E-state index in [0.29, 0.717) is 11.1 Å². The maximum Gasteiger partial charge on any atom is 0.234 e. The Morgan fingerprint density at radius 3 is 2.85 bits per heavy atom. The van der Waals surface area contributed by atoms with Gasteiger partial charge in [0, 0.05) is 11.6 Å². The van der Waals surface area contributed by atoms with Crippen molar-refractivity contribution < 1.29 is 4.79 Å². The molecule has 0 radical (unpaired) electrons. The molecule has 1 N–H and O–H groups in total. The lowest BCUT2D eigenvalue weighted by Gasteiger charge is -2.18. The largest absolute Gasteiger partial charge is 0.344 e. The zero-order valence-electron chi connectivity index (χ0n) is 14.6. The van der Waals surface area contributed by atoms with E-state index in [2.05, 4.69) is 26.0 Å². The molecule has 26 heavy (non-hydrogen) atoms. The van der Waals surface area contributed by atoms with E-state index in [1.807, 2.05) is 31.2 Å². The maximum atomic E-state index is 12.2. The van der Waals surface area contributed by atoms with Crippen molar-refractivity contribution in [3.05, 3.63) is 29.3 Å². The van der Waals surface area contributed by atoms with Crippen LogP contribution in [0.3, 0.4) is 0 Å². The average molecular weight is 389 g/mol. The summed E-state index contributed by atoms with van der Waals surface area (Å²) in [5.74, 6) is 3.08. The third-order valence-corrected chi connectivity index (χ3v) is 5.87. The highest BCUT2D eigenvalue weighted by Crippen LogP contribution is 2.38. The first-order valence-corrected chi connectivity index (χ1v) is 9.95. The minimum atomic E-state index is -0.313. The smallest absolute Gasteiger partial charge is 0.234 e. The van der Waals surface area contributed by atoms with Crippen LogP contribution < -0.4 is 5.32 Å². The SMILES string of the molecule is C#CCNC(=O)C(C)Sc1nnc(-c2ccccc2Cl)n1C1CCCC1. The summed E-state index contributed by atoms with van der Waals surface area (Å²) in [4.78, 5) is 12.2. The van der Waals surface area contributed by atoms with E-state index in [4.69, 9.17) is 18.0 Å². The third-order valence-electron chi connectivity index (χ3n) is 4.49. The number of carbonyl (C=O) groups excluding carboxylic acids is 1. The molecule has 1 fully saturated rings. The van der Waals surface area contributed by atoms with Crippen LogP contribution in [0.25, 0.3) is 11.4 Å². The van der Waals surface area contributed by atoms with Gasteiger partial charge in [-0.3, -0.25) is 9.36 Å². The molecule has 1 aliphatic carbocycles. The molecule has 3 rings (SSSR count). The van der Waals surface area contributed by atoms with Gasteiger partial charge in [-0.15, -0.1) is 16.6 Å². The van der Waals surface area contributed by atoms with Gasteiger partial charge in [-0.1, -0.05) is 54.3 Å². The Hall–Kier alpha value is -1.97. The van der Waals surface area contributed by atoms with Crippen molar-refractivity contribution in [2.24, 2.45) is 0 Å². The summed E-state index contributed by atoms with van der Waals surface area (Å²) in [5, 5.41) is 12.6. The quantitative estimate of drug-likeness (QED) is 0.601. The van der Waals surface area contributed by atoms with Crippen molar-refractivity contribution in [1.29, 1.82) is 0 Å². The molecule has 0 spiro atoms. The number of terminal acetylenes is 1. The number of carbonyl (C=O) groups is 1. The predicted molar refractivity (Wildman–Crippen MR) is 105 cm³/mol. The minimum absolute atomic E-state index is 0.104. The molecule has 1 aliphatic rings. The van der Waals surface area contributed by atoms with Crippen LogP contribution >= 0.6 is 23.4 Å². The molecule has 1 amide bonds. The first kappa shape index (κ1) is 18.8. The van der Waals surface area contributed by atoms with E-state index in [1.54, 1.807) is 0 Å². The molecule has 0 bridgehead atoms. The average Bonchev–Trinajstić information content (AvgIpc) is 3.29. The summed E-state index contributed by atoms with van der Waals surface area (Å²) >= 11 is 7.79. The Morgan fingerprint density at radius 2 is 2.15 bits per heavy atom. The van der Waals surface area contributed by atoms with Crippen molar-refractivity contribution >= 4 is 29.3 Å². The number of rotatable bonds is 6. The molecule has 1 unspecified atom stereocenters. The summed E-state index contributed by atoms with van der Waals surface area (Å²) in [6.07, 6.45) is 9.75. The number of thioether (sulfide) groups is 1. The number of nitrogens with zero attached hydrogens (tertiary/aromatic N) is 3. The van der Waals surface area contributed by atoms with Crippen molar-refractivity contribution in [2.45, 2.75) is 49.1 Å². The number of hydrogen-bond acceptors (Lipinski definition) is 4. The lowest BCUT2D eigenvalue weighted by atomic mass is 10.2. The standard InChI is InChI=1S/C19H21ClN4OS/c1-3-12-21-18(25)13(2)26-19-23-22-17(15-10-6-7-11-16(15)20)24(19)14-8-4-5-9-14/h1,6-7,10-11,13-14H,4-5,8-9,12H2,2H3,(H,21,25). The molecule has 1 atom stereocenters. The Labute approximate surface area is 162 Å². The van der Waals surface area contributed by atoms with Crippen molar-refractivity contribution in [3.8, 4) is 23.7 Å². The van der Waals surface area contributed by atoms with Gasteiger partial charge in [0.05, 0.1) is 16.8 Å². The number of nitrogens with one attached hydrogen (secondary N) is 1. The summed E-state index contributed by atoms with van der Waals surface area (Å²) in [5.41, 5.74) is 0.866. The van der Waals surface area contributed by atoms with E-state index in [9.17, 15) is 4.79 Å². The van der Waals surface area contributed by atoms with Gasteiger partial charge in [-0.2, -0.15) is 0 Å². The summed E-state index contributed by atoms with van der Waals surface area (Å²) in [6, 6.07) is 7.98. The van der Waals surface area contributed by atoms with Crippen LogP contribution in [0, 0.1) is 12.3 Å². The Bertz CT molecular complexity index is 823. The van der Waals surface area contributed by atoms with Crippen molar-refractivity contribution in [2.75, 3.05) is 6.54 Å². The molecular weight excluding hydrogens is 368 g/mol. The topological polar surface area (TPSA) is 59.8 Å². The highest BCUT2D eigenvalue weighted by atomic mass is 35.5. The molecule has 1 aromatic heterocycles. The molecule has 0 saturated heterocycles. The summed E-state index contributed by atoms with van der Waals surface area (Å²) in [7, 11) is 0. The van der Waals surface area contributed by atoms with Gasteiger partial charge in [0.15, 0.2) is 11.0 Å². The van der Waals surface area contributed by atoms with E-state index in [1.165, 1.54) is 24.6 Å². The highest BCUT2D eigenvalue weighted by molar-refractivity contribution is 8.00. The number of amides is 1. The second-order valence-electron chi connectivity index (χ2n) is 6.28. The molecule has 1 aromatic carbocycles. The van der Waals surface area contributed by atoms with Gasteiger partial charge in [-0.05, 0) is 31.9 Å². The number of aromatic nitrogens is 3. The van der Waals surface area contributed by atoms with Gasteiger partial charge in [-0.25, -0.2) is 0 Å². The zero-order chi connectivity index (χ0) is 18.5. The second-order valence-corrected chi connectivity index (χ2v) is 7.99. The van der Waals surface area contributed by atoms with Gasteiger partial charge in [0.25, 0.3) is 0 Å². The van der Waals surface area contributed by atoms with Gasteiger partial charge < -0.3 is 5.32 Å². The van der Waals surface area contributed by atoms with Crippen LogP contribution in [0.5, 0.6) is 0 Å². The molecule has 1 saturated carbocycles. The first-order valence-electron chi connectivity index (χ1n) is 8.69. The molecule has 136 valence electrons. The number of halogens is 1. The van der Waals surface area contributed by atoms with Crippen LogP contribution in [0.1, 0.15) is 38.6 Å². The molecule has 1 heterocycles. The zero-order valence-corrected chi connectivity index (χ0v) is 16.2. The fourth-order valence-electron chi connectivity index (χ4n) is 3.17. The fraction of sp³-hybridized carbons (Fsp3) is 0.421. The second kappa shape index (κ2) is 8.61. The molecule has 2 aromatic rings. The highest BCUT2D eigenvalue weighted by Gasteiger charge is 2.27. The molecule has 0 aliphatic heterocycles. The molecule has 5 nitrogen and oxygen atoms in total. The maximum absolute atomic E-state index is 12.2. The molecular formula is C19H21ClN4OS. The minimum Gasteiger partial charge on any atom is -0.344 e. The van der Waals surface area contributed by atoms with Crippen LogP contribution in [0.2, 0.25) is 5.02 Å². The van der Waals surface area contributed by atoms with Gasteiger partial charge in [0.2, 0.25) is 5.91 Å². The van der Waals surface area contributed by atoms with Crippen LogP contribution in [-0.2, 0) is 4.79 Å². The molecule has 7 heteroatoms.